The van der Waals surface area contributed by atoms with E-state index in [9.17, 15) is 24.6 Å². The summed E-state index contributed by atoms with van der Waals surface area (Å²) in [5.74, 6) is -0.847. The third kappa shape index (κ3) is 16.8. The van der Waals surface area contributed by atoms with Crippen molar-refractivity contribution in [2.24, 2.45) is 17.8 Å². The number of hydrogen-bond acceptors (Lipinski definition) is 9. The number of nitrogens with zero attached hydrogens (tertiary/aromatic N) is 1. The van der Waals surface area contributed by atoms with Gasteiger partial charge in [0.15, 0.2) is 0 Å². The number of hydrogen-bond donors (Lipinski definition) is 3. The number of methoxy groups -OCH3 is 1. The number of rotatable bonds is 20. The fraction of sp³-hybridized carbons (Fsp3) is 0.743. The van der Waals surface area contributed by atoms with Gasteiger partial charge in [0.1, 0.15) is 6.04 Å². The molecule has 1 amide bonds. The zero-order valence-corrected chi connectivity index (χ0v) is 32.4. The van der Waals surface area contributed by atoms with Crippen LogP contribution in [0.15, 0.2) is 23.8 Å². The number of carboxylic acid groups (broad SMARTS) is 1. The summed E-state index contributed by atoms with van der Waals surface area (Å²) in [6, 6.07) is -1.05. The molecule has 0 saturated carbocycles. The summed E-state index contributed by atoms with van der Waals surface area (Å²) < 4.78 is 24.3. The van der Waals surface area contributed by atoms with Crippen molar-refractivity contribution >= 4 is 41.2 Å². The molecule has 0 radical (unpaired) electrons. The van der Waals surface area contributed by atoms with Crippen LogP contribution in [-0.4, -0.2) is 101 Å². The van der Waals surface area contributed by atoms with Crippen molar-refractivity contribution in [1.29, 1.82) is 0 Å². The number of amides is 1. The van der Waals surface area contributed by atoms with Crippen LogP contribution in [0.1, 0.15) is 80.1 Å². The quantitative estimate of drug-likeness (QED) is 0.0319. The van der Waals surface area contributed by atoms with Crippen LogP contribution in [0, 0.1) is 31.6 Å². The van der Waals surface area contributed by atoms with E-state index in [1.165, 1.54) is 6.47 Å². The van der Waals surface area contributed by atoms with Crippen molar-refractivity contribution in [3.8, 4) is 0 Å². The van der Waals surface area contributed by atoms with Gasteiger partial charge in [0.25, 0.3) is 0 Å². The monoisotopic (exact) mass is 784 g/mol. The van der Waals surface area contributed by atoms with Gasteiger partial charge >= 0.3 is 24.8 Å². The molecule has 10 atom stereocenters. The Kier molecular flexibility index (Phi) is 23.8. The predicted octanol–water partition coefficient (Wildman–Crippen LogP) is 2.02. The molecular weight excluding hydrogens is 726 g/mol. The molecule has 48 heavy (non-hydrogen) atoms. The normalized spacial score (nSPS) is 27.0. The predicted molar refractivity (Wildman–Crippen MR) is 190 cm³/mol. The van der Waals surface area contributed by atoms with Crippen LogP contribution >= 0.6 is 22.9 Å². The molecule has 0 aliphatic carbocycles. The standard InChI is InChI=1S/C31H50NO9.C4H8IN.Li/c1-19(17-31(6)29(41-31)22(4)28(38-7)23(5)34)10-8-11-20(2)27-21(3)13-14-24(40-27)16-26(35)32-25(30(36)37)12-9-15-39-18-33;1-3-6(5)4-2;/h8,10-11,19,21-25,27-29,34H,9,12-17H2,1-7H3,(H,32,35)(H,36,37);1-4H2;/q-1;-2;+1/b10-8+,20-11+;;/t19-,21+,22-,23-,24-,25+,27-,28-,29-,31-;;/m1../s1. The minimum Gasteiger partial charge on any atom is -0.653 e. The van der Waals surface area contributed by atoms with Crippen LogP contribution in [0.2, 0.25) is 0 Å². The van der Waals surface area contributed by atoms with Crippen LogP contribution in [0.5, 0.6) is 0 Å². The zero-order chi connectivity index (χ0) is 35.7. The molecule has 272 valence electrons. The van der Waals surface area contributed by atoms with Crippen molar-refractivity contribution in [3.63, 3.8) is 0 Å². The topological polar surface area (TPSA) is 147 Å². The molecular formula is C35H58ILiN2O9-2. The molecule has 3 N–H and O–H groups in total. The largest absolute Gasteiger partial charge is 1.00 e. The number of carbonyl (C=O) groups is 2. The van der Waals surface area contributed by atoms with E-state index in [4.69, 9.17) is 14.2 Å². The summed E-state index contributed by atoms with van der Waals surface area (Å²) in [7, 11) is 1.62. The SMILES string of the molecule is CO[C@H]([C@@H](C)[C@H]1O[C@]1(C)C[C@H](C)/C=C/C=C(\C)[C@H]1O[C@@H](CC(=O)N[C@@H](CCCO[C-]=O)C(=O)O)CC[C@@H]1C)[C@@H](C)O.[CH2-]CN(I)C[CH2-].[Li+]. The first-order valence-corrected chi connectivity index (χ1v) is 17.5. The van der Waals surface area contributed by atoms with Gasteiger partial charge in [-0.1, -0.05) is 45.5 Å². The molecule has 0 aromatic rings. The number of nitrogens with one attached hydrogen (secondary N) is 1. The first-order chi connectivity index (χ1) is 22.1. The van der Waals surface area contributed by atoms with Crippen molar-refractivity contribution in [3.05, 3.63) is 37.6 Å². The molecule has 0 unspecified atom stereocenters. The Morgan fingerprint density at radius 1 is 1.23 bits per heavy atom. The van der Waals surface area contributed by atoms with Gasteiger partial charge in [0, 0.05) is 42.5 Å². The fourth-order valence-electron chi connectivity index (χ4n) is 6.25. The average Bonchev–Trinajstić information content (AvgIpc) is 3.69. The Labute approximate surface area is 315 Å². The number of epoxide rings is 1. The molecule has 2 rings (SSSR count). The number of halogens is 1. The maximum absolute atomic E-state index is 12.6. The third-order valence-electron chi connectivity index (χ3n) is 8.79. The first kappa shape index (κ1) is 47.0. The molecule has 2 fully saturated rings. The minimum absolute atomic E-state index is 0. The Morgan fingerprint density at radius 3 is 2.40 bits per heavy atom. The van der Waals surface area contributed by atoms with Crippen molar-refractivity contribution in [2.45, 2.75) is 122 Å². The number of aliphatic hydroxyl groups is 1. The van der Waals surface area contributed by atoms with Gasteiger partial charge in [-0.25, -0.2) is 4.79 Å². The molecule has 0 aromatic heterocycles. The number of aliphatic hydroxyl groups excluding tert-OH is 1. The zero-order valence-electron chi connectivity index (χ0n) is 30.3. The Hall–Kier alpha value is -0.983. The van der Waals surface area contributed by atoms with Crippen LogP contribution in [0.25, 0.3) is 0 Å². The molecule has 2 saturated heterocycles. The second-order valence-corrected chi connectivity index (χ2v) is 14.4. The number of ether oxygens (including phenoxy) is 4. The van der Waals surface area contributed by atoms with Gasteiger partial charge < -0.3 is 56.2 Å². The number of carboxylic acids is 1. The van der Waals surface area contributed by atoms with Crippen LogP contribution in [0.3, 0.4) is 0 Å². The fourth-order valence-corrected chi connectivity index (χ4v) is 6.25. The number of aliphatic carboxylic acids is 1. The Balaban J connectivity index is 0.00000288. The van der Waals surface area contributed by atoms with Crippen LogP contribution < -0.4 is 24.2 Å². The van der Waals surface area contributed by atoms with E-state index in [0.717, 1.165) is 37.9 Å². The molecule has 11 nitrogen and oxygen atoms in total. The van der Waals surface area contributed by atoms with Crippen molar-refractivity contribution in [2.75, 3.05) is 26.8 Å². The molecule has 2 aliphatic rings. The minimum atomic E-state index is -1.13. The molecule has 0 spiro atoms. The van der Waals surface area contributed by atoms with E-state index in [1.807, 2.05) is 16.1 Å². The van der Waals surface area contributed by atoms with E-state index >= 15 is 0 Å². The van der Waals surface area contributed by atoms with E-state index in [1.54, 1.807) is 14.0 Å². The van der Waals surface area contributed by atoms with Crippen LogP contribution in [0.4, 0.5) is 0 Å². The molecule has 2 aliphatic heterocycles. The second kappa shape index (κ2) is 24.2. The second-order valence-electron chi connectivity index (χ2n) is 13.0. The Morgan fingerprint density at radius 2 is 1.88 bits per heavy atom. The number of allylic oxidation sites excluding steroid dienone is 3. The maximum atomic E-state index is 12.6. The number of carbonyl (C=O) groups excluding carboxylic acids is 2. The molecule has 13 heteroatoms. The van der Waals surface area contributed by atoms with Crippen molar-refractivity contribution in [1.82, 2.24) is 8.43 Å². The smallest absolute Gasteiger partial charge is 0.653 e. The third-order valence-corrected chi connectivity index (χ3v) is 9.75. The van der Waals surface area contributed by atoms with Crippen molar-refractivity contribution < 1.29 is 62.4 Å². The van der Waals surface area contributed by atoms with E-state index in [-0.39, 0.29) is 86.1 Å². The summed E-state index contributed by atoms with van der Waals surface area (Å²) in [5, 5.41) is 22.0. The molecule has 2 heterocycles. The summed E-state index contributed by atoms with van der Waals surface area (Å²) >= 11 is 2.18. The van der Waals surface area contributed by atoms with Gasteiger partial charge in [0.2, 0.25) is 5.91 Å². The molecule has 0 bridgehead atoms. The van der Waals surface area contributed by atoms with Gasteiger partial charge in [-0.05, 0) is 70.3 Å². The summed E-state index contributed by atoms with van der Waals surface area (Å²) in [6.45, 7) is 22.5. The molecule has 0 aromatic carbocycles. The van der Waals surface area contributed by atoms with Crippen LogP contribution in [-0.2, 0) is 33.3 Å². The average molecular weight is 785 g/mol. The summed E-state index contributed by atoms with van der Waals surface area (Å²) in [6.07, 6.45) is 8.09. The van der Waals surface area contributed by atoms with E-state index in [2.05, 4.69) is 86.6 Å². The first-order valence-electron chi connectivity index (χ1n) is 16.5. The van der Waals surface area contributed by atoms with Gasteiger partial charge in [0.05, 0.1) is 42.5 Å². The van der Waals surface area contributed by atoms with Gasteiger partial charge in [-0.15, -0.1) is 13.1 Å². The maximum Gasteiger partial charge on any atom is 1.00 e. The van der Waals surface area contributed by atoms with Gasteiger partial charge in [-0.3, -0.25) is 4.79 Å². The van der Waals surface area contributed by atoms with E-state index in [0.29, 0.717) is 12.3 Å². The Bertz CT molecular complexity index is 1010. The van der Waals surface area contributed by atoms with E-state index < -0.39 is 18.1 Å². The van der Waals surface area contributed by atoms with Gasteiger partial charge in [-0.2, -0.15) is 0 Å². The summed E-state index contributed by atoms with van der Waals surface area (Å²) in [5.41, 5.74) is 0.825. The summed E-state index contributed by atoms with van der Waals surface area (Å²) in [4.78, 5) is 34.2.